The van der Waals surface area contributed by atoms with Crippen LogP contribution in [-0.4, -0.2) is 0 Å². The summed E-state index contributed by atoms with van der Waals surface area (Å²) in [7, 11) is 0. The quantitative estimate of drug-likeness (QED) is 0.428. The van der Waals surface area contributed by atoms with Gasteiger partial charge < -0.3 is 12.4 Å². The molecule has 0 unspecified atom stereocenters. The third kappa shape index (κ3) is 3.83. The van der Waals surface area contributed by atoms with Gasteiger partial charge in [-0.1, -0.05) is 84.4 Å². The molecule has 4 rings (SSSR count). The fourth-order valence-corrected chi connectivity index (χ4v) is 3.85. The first kappa shape index (κ1) is 20.2. The molecule has 0 saturated heterocycles. The Morgan fingerprint density at radius 2 is 0.857 bits per heavy atom. The van der Waals surface area contributed by atoms with Crippen molar-refractivity contribution in [3.05, 3.63) is 126 Å². The molecular formula is C25H21Cl2N. The van der Waals surface area contributed by atoms with Crippen molar-refractivity contribution in [2.75, 3.05) is 0 Å². The van der Waals surface area contributed by atoms with Gasteiger partial charge in [-0.2, -0.15) is 0 Å². The summed E-state index contributed by atoms with van der Waals surface area (Å²) in [6, 6.07) is 40.0. The first-order valence-electron chi connectivity index (χ1n) is 9.09. The largest absolute Gasteiger partial charge is 1.00 e. The first-order chi connectivity index (χ1) is 13.3. The van der Waals surface area contributed by atoms with E-state index in [4.69, 9.17) is 11.6 Å². The van der Waals surface area contributed by atoms with Gasteiger partial charge in [-0.3, -0.25) is 0 Å². The number of hydrogen-bond donors (Lipinski definition) is 0. The third-order valence-corrected chi connectivity index (χ3v) is 5.32. The average Bonchev–Trinajstić information content (AvgIpc) is 2.75. The van der Waals surface area contributed by atoms with E-state index in [0.717, 1.165) is 17.1 Å². The van der Waals surface area contributed by atoms with Gasteiger partial charge >= 0.3 is 0 Å². The smallest absolute Gasteiger partial charge is 0.143 e. The molecule has 0 aliphatic heterocycles. The molecule has 1 nitrogen and oxygen atoms in total. The zero-order valence-electron chi connectivity index (χ0n) is 15.4. The van der Waals surface area contributed by atoms with Gasteiger partial charge in [0.25, 0.3) is 0 Å². The highest BCUT2D eigenvalue weighted by atomic mass is 35.5. The van der Waals surface area contributed by atoms with Crippen molar-refractivity contribution in [2.45, 2.75) is 6.54 Å². The second-order valence-electron chi connectivity index (χ2n) is 6.57. The molecule has 4 aromatic rings. The Balaban J connectivity index is 0.00000225. The molecule has 0 aliphatic rings. The molecule has 28 heavy (non-hydrogen) atoms. The van der Waals surface area contributed by atoms with Crippen LogP contribution in [0.4, 0.5) is 17.1 Å². The molecule has 0 aromatic heterocycles. The number of halogens is 2. The Morgan fingerprint density at radius 3 is 1.25 bits per heavy atom. The van der Waals surface area contributed by atoms with Crippen LogP contribution in [0.3, 0.4) is 0 Å². The van der Waals surface area contributed by atoms with Gasteiger partial charge in [0.05, 0.1) is 0 Å². The summed E-state index contributed by atoms with van der Waals surface area (Å²) in [5.41, 5.74) is 4.73. The standard InChI is InChI=1S/C25H21ClN.ClH/c26-25-19-11-10-12-21(25)20-27(22-13-4-1-5-14-22,23-15-6-2-7-16-23)24-17-8-3-9-18-24;/h1-19H,20H2;1H/q+1;/p-1. The van der Waals surface area contributed by atoms with E-state index in [1.165, 1.54) is 17.1 Å². The number of para-hydroxylation sites is 3. The maximum absolute atomic E-state index is 6.58. The molecule has 0 spiro atoms. The van der Waals surface area contributed by atoms with E-state index in [0.29, 0.717) is 4.48 Å². The number of benzene rings is 4. The molecule has 0 bridgehead atoms. The van der Waals surface area contributed by atoms with Crippen molar-refractivity contribution in [2.24, 2.45) is 0 Å². The summed E-state index contributed by atoms with van der Waals surface area (Å²) in [6.07, 6.45) is 0. The van der Waals surface area contributed by atoms with Crippen molar-refractivity contribution >= 4 is 28.7 Å². The molecule has 0 radical (unpaired) electrons. The molecule has 140 valence electrons. The van der Waals surface area contributed by atoms with Crippen LogP contribution in [0.1, 0.15) is 5.56 Å². The van der Waals surface area contributed by atoms with Crippen LogP contribution in [0.2, 0.25) is 5.02 Å². The Morgan fingerprint density at radius 1 is 0.500 bits per heavy atom. The molecule has 0 atom stereocenters. The summed E-state index contributed by atoms with van der Waals surface area (Å²) in [4.78, 5) is 0. The van der Waals surface area contributed by atoms with Gasteiger partial charge in [0.2, 0.25) is 0 Å². The van der Waals surface area contributed by atoms with Crippen LogP contribution >= 0.6 is 11.6 Å². The SMILES string of the molecule is Clc1ccccc1C[N+](c1ccccc1)(c1ccccc1)c1ccccc1.[Cl-]. The predicted molar refractivity (Wildman–Crippen MR) is 116 cm³/mol. The summed E-state index contributed by atoms with van der Waals surface area (Å²) < 4.78 is 0.576. The fourth-order valence-electron chi connectivity index (χ4n) is 3.65. The van der Waals surface area contributed by atoms with Gasteiger partial charge in [-0.15, -0.1) is 0 Å². The second-order valence-corrected chi connectivity index (χ2v) is 6.97. The highest BCUT2D eigenvalue weighted by molar-refractivity contribution is 6.31. The lowest BCUT2D eigenvalue weighted by Crippen LogP contribution is -3.00. The van der Waals surface area contributed by atoms with E-state index in [9.17, 15) is 0 Å². The van der Waals surface area contributed by atoms with E-state index in [-0.39, 0.29) is 12.4 Å². The van der Waals surface area contributed by atoms with Crippen LogP contribution in [0.25, 0.3) is 0 Å². The maximum atomic E-state index is 6.58. The van der Waals surface area contributed by atoms with Crippen molar-refractivity contribution in [1.82, 2.24) is 4.48 Å². The molecule has 4 aromatic carbocycles. The zero-order valence-corrected chi connectivity index (χ0v) is 16.9. The molecule has 0 amide bonds. The minimum Gasteiger partial charge on any atom is -1.00 e. The van der Waals surface area contributed by atoms with Crippen molar-refractivity contribution in [1.29, 1.82) is 0 Å². The number of hydrogen-bond acceptors (Lipinski definition) is 0. The summed E-state index contributed by atoms with van der Waals surface area (Å²) in [5, 5.41) is 0.794. The highest BCUT2D eigenvalue weighted by Gasteiger charge is 2.36. The minimum absolute atomic E-state index is 0. The lowest BCUT2D eigenvalue weighted by molar-refractivity contribution is -0.00000515. The van der Waals surface area contributed by atoms with Gasteiger partial charge in [0.1, 0.15) is 23.6 Å². The van der Waals surface area contributed by atoms with E-state index in [1.807, 2.05) is 12.1 Å². The van der Waals surface area contributed by atoms with Crippen LogP contribution in [-0.2, 0) is 6.54 Å². The molecule has 3 heteroatoms. The molecule has 0 N–H and O–H groups in total. The van der Waals surface area contributed by atoms with Crippen molar-refractivity contribution in [3.8, 4) is 0 Å². The van der Waals surface area contributed by atoms with Gasteiger partial charge in [0, 0.05) is 10.6 Å². The van der Waals surface area contributed by atoms with E-state index >= 15 is 0 Å². The van der Waals surface area contributed by atoms with E-state index in [2.05, 4.69) is 103 Å². The summed E-state index contributed by atoms with van der Waals surface area (Å²) >= 11 is 6.58. The number of rotatable bonds is 5. The molecule has 0 aliphatic carbocycles. The van der Waals surface area contributed by atoms with Crippen LogP contribution < -0.4 is 16.9 Å². The Bertz CT molecular complexity index is 905. The zero-order chi connectivity index (χ0) is 18.5. The second kappa shape index (κ2) is 9.07. The lowest BCUT2D eigenvalue weighted by Gasteiger charge is -2.37. The third-order valence-electron chi connectivity index (χ3n) is 4.96. The lowest BCUT2D eigenvalue weighted by atomic mass is 10.1. The summed E-state index contributed by atoms with van der Waals surface area (Å²) in [6.45, 7) is 0.734. The number of quaternary nitrogens is 1. The first-order valence-corrected chi connectivity index (χ1v) is 9.47. The molecule has 0 saturated carbocycles. The maximum Gasteiger partial charge on any atom is 0.143 e. The van der Waals surface area contributed by atoms with Crippen molar-refractivity contribution in [3.63, 3.8) is 0 Å². The number of nitrogens with zero attached hydrogens (tertiary/aromatic N) is 1. The van der Waals surface area contributed by atoms with E-state index in [1.54, 1.807) is 0 Å². The van der Waals surface area contributed by atoms with Gasteiger partial charge in [-0.25, -0.2) is 4.48 Å². The highest BCUT2D eigenvalue weighted by Crippen LogP contribution is 2.45. The van der Waals surface area contributed by atoms with Gasteiger partial charge in [-0.05, 0) is 42.5 Å². The van der Waals surface area contributed by atoms with Gasteiger partial charge in [0.15, 0.2) is 0 Å². The fraction of sp³-hybridized carbons (Fsp3) is 0.0400. The Labute approximate surface area is 177 Å². The monoisotopic (exact) mass is 405 g/mol. The topological polar surface area (TPSA) is 0 Å². The Hall–Kier alpha value is -2.58. The normalized spacial score (nSPS) is 10.9. The van der Waals surface area contributed by atoms with Crippen LogP contribution in [0, 0.1) is 0 Å². The molecule has 0 heterocycles. The van der Waals surface area contributed by atoms with Crippen LogP contribution in [0.5, 0.6) is 0 Å². The van der Waals surface area contributed by atoms with Crippen LogP contribution in [0.15, 0.2) is 115 Å². The summed E-state index contributed by atoms with van der Waals surface area (Å²) in [5.74, 6) is 0. The minimum atomic E-state index is 0. The average molecular weight is 406 g/mol. The predicted octanol–water partition coefficient (Wildman–Crippen LogP) is 4.51. The molecule has 0 fully saturated rings. The van der Waals surface area contributed by atoms with Crippen molar-refractivity contribution < 1.29 is 12.4 Å². The Kier molecular flexibility index (Phi) is 6.53. The molecular weight excluding hydrogens is 385 g/mol. The van der Waals surface area contributed by atoms with E-state index < -0.39 is 0 Å².